The lowest BCUT2D eigenvalue weighted by Crippen LogP contribution is -2.32. The minimum Gasteiger partial charge on any atom is -0.493 e. The maximum Gasteiger partial charge on any atom is 0.492 e. The molecule has 138 valence electrons. The van der Waals surface area contributed by atoms with Crippen molar-refractivity contribution < 1.29 is 24.3 Å². The largest absolute Gasteiger partial charge is 0.493 e. The highest BCUT2D eigenvalue weighted by Crippen LogP contribution is 2.32. The van der Waals surface area contributed by atoms with Crippen LogP contribution in [0, 0.1) is 0 Å². The van der Waals surface area contributed by atoms with Gasteiger partial charge in [-0.05, 0) is 17.7 Å². The zero-order chi connectivity index (χ0) is 19.4. The van der Waals surface area contributed by atoms with Gasteiger partial charge in [-0.2, -0.15) is 15.4 Å². The number of nitrogens with two attached hydrogens (primary N) is 1. The molecule has 0 fully saturated rings. The van der Waals surface area contributed by atoms with Crippen molar-refractivity contribution in [2.75, 3.05) is 7.11 Å². The number of rotatable bonds is 7. The van der Waals surface area contributed by atoms with Crippen molar-refractivity contribution in [2.24, 2.45) is 5.73 Å². The van der Waals surface area contributed by atoms with Crippen LogP contribution in [-0.4, -0.2) is 45.6 Å². The summed E-state index contributed by atoms with van der Waals surface area (Å²) in [6.07, 6.45) is 0. The second-order valence-corrected chi connectivity index (χ2v) is 5.63. The quantitative estimate of drug-likeness (QED) is 0.424. The number of nitrogens with one attached hydrogen (secondary N) is 1. The van der Waals surface area contributed by atoms with E-state index in [-0.39, 0.29) is 35.0 Å². The van der Waals surface area contributed by atoms with Crippen LogP contribution in [0.4, 0.5) is 0 Å². The molecule has 0 atom stereocenters. The number of primary amides is 1. The molecular weight excluding hydrogens is 351 g/mol. The molecule has 0 aliphatic rings. The Kier molecular flexibility index (Phi) is 5.39. The number of nitrogens with zero attached hydrogens (tertiary/aromatic N) is 2. The molecule has 0 radical (unpaired) electrons. The molecule has 3 aromatic rings. The lowest BCUT2D eigenvalue weighted by Gasteiger charge is -2.16. The van der Waals surface area contributed by atoms with Gasteiger partial charge in [-0.25, -0.2) is 0 Å². The second-order valence-electron chi connectivity index (χ2n) is 5.63. The Balaban J connectivity index is 2.03. The van der Waals surface area contributed by atoms with E-state index >= 15 is 0 Å². The van der Waals surface area contributed by atoms with E-state index in [1.54, 1.807) is 6.07 Å². The van der Waals surface area contributed by atoms with Crippen LogP contribution in [0.1, 0.15) is 16.1 Å². The van der Waals surface area contributed by atoms with Gasteiger partial charge in [0.1, 0.15) is 12.3 Å². The normalized spacial score (nSPS) is 10.5. The predicted molar refractivity (Wildman–Crippen MR) is 97.5 cm³/mol. The lowest BCUT2D eigenvalue weighted by atomic mass is 9.78. The Hall–Kier alpha value is -3.37. The minimum atomic E-state index is -1.84. The van der Waals surface area contributed by atoms with Crippen molar-refractivity contribution in [2.45, 2.75) is 6.61 Å². The highest BCUT2D eigenvalue weighted by molar-refractivity contribution is 6.60. The highest BCUT2D eigenvalue weighted by Gasteiger charge is 2.25. The standard InChI is InChI=1S/C17H17BN4O5/c1-26-13-8-11(14-15(17(19)23)21-22-20-14)7-12(18(24)25)16(13)27-9-10-5-3-2-4-6-10/h2-8,24-25H,9H2,1H3,(H2,19,23)(H,20,21,22). The summed E-state index contributed by atoms with van der Waals surface area (Å²) in [5, 5.41) is 29.6. The van der Waals surface area contributed by atoms with Gasteiger partial charge in [0.2, 0.25) is 0 Å². The van der Waals surface area contributed by atoms with Crippen molar-refractivity contribution in [3.63, 3.8) is 0 Å². The van der Waals surface area contributed by atoms with Gasteiger partial charge in [0.05, 0.1) is 7.11 Å². The Morgan fingerprint density at radius 1 is 1.22 bits per heavy atom. The average Bonchev–Trinajstić information content (AvgIpc) is 3.16. The molecule has 9 nitrogen and oxygen atoms in total. The molecule has 0 saturated carbocycles. The van der Waals surface area contributed by atoms with Crippen molar-refractivity contribution >= 4 is 18.5 Å². The van der Waals surface area contributed by atoms with E-state index in [1.807, 2.05) is 30.3 Å². The fraction of sp³-hybridized carbons (Fsp3) is 0.118. The minimum absolute atomic E-state index is 0.0544. The molecule has 0 saturated heterocycles. The van der Waals surface area contributed by atoms with Crippen molar-refractivity contribution in [1.82, 2.24) is 15.4 Å². The summed E-state index contributed by atoms with van der Waals surface area (Å²) >= 11 is 0. The van der Waals surface area contributed by atoms with Gasteiger partial charge >= 0.3 is 7.12 Å². The summed E-state index contributed by atoms with van der Waals surface area (Å²) in [5.41, 5.74) is 6.70. The maximum atomic E-state index is 11.5. The van der Waals surface area contributed by atoms with Crippen LogP contribution in [0.3, 0.4) is 0 Å². The van der Waals surface area contributed by atoms with Crippen LogP contribution in [0.5, 0.6) is 11.5 Å². The van der Waals surface area contributed by atoms with Crippen LogP contribution in [0.2, 0.25) is 0 Å². The number of hydrogen-bond donors (Lipinski definition) is 4. The van der Waals surface area contributed by atoms with E-state index < -0.39 is 13.0 Å². The Labute approximate surface area is 154 Å². The zero-order valence-corrected chi connectivity index (χ0v) is 14.4. The number of carbonyl (C=O) groups is 1. The number of benzene rings is 2. The molecule has 0 bridgehead atoms. The Morgan fingerprint density at radius 2 is 1.96 bits per heavy atom. The third-order valence-electron chi connectivity index (χ3n) is 3.86. The third kappa shape index (κ3) is 3.91. The molecule has 1 amide bonds. The molecular formula is C17H17BN4O5. The van der Waals surface area contributed by atoms with Gasteiger partial charge in [-0.15, -0.1) is 0 Å². The molecule has 2 aromatic carbocycles. The van der Waals surface area contributed by atoms with E-state index in [1.165, 1.54) is 13.2 Å². The molecule has 0 aliphatic carbocycles. The van der Waals surface area contributed by atoms with Crippen molar-refractivity contribution in [3.05, 3.63) is 53.7 Å². The molecule has 5 N–H and O–H groups in total. The molecule has 0 unspecified atom stereocenters. The van der Waals surface area contributed by atoms with Gasteiger partial charge in [0.15, 0.2) is 17.2 Å². The van der Waals surface area contributed by atoms with Gasteiger partial charge in [0.25, 0.3) is 5.91 Å². The number of aromatic nitrogens is 3. The van der Waals surface area contributed by atoms with Crippen molar-refractivity contribution in [3.8, 4) is 22.8 Å². The average molecular weight is 368 g/mol. The van der Waals surface area contributed by atoms with E-state index in [4.69, 9.17) is 15.2 Å². The van der Waals surface area contributed by atoms with E-state index in [2.05, 4.69) is 15.4 Å². The number of hydrogen-bond acceptors (Lipinski definition) is 7. The lowest BCUT2D eigenvalue weighted by molar-refractivity contribution is 0.0996. The first kappa shape index (κ1) is 18.4. The number of methoxy groups -OCH3 is 1. The Bertz CT molecular complexity index is 946. The summed E-state index contributed by atoms with van der Waals surface area (Å²) in [6, 6.07) is 12.4. The molecule has 3 rings (SSSR count). The summed E-state index contributed by atoms with van der Waals surface area (Å²) < 4.78 is 11.1. The topological polar surface area (TPSA) is 144 Å². The van der Waals surface area contributed by atoms with Gasteiger partial charge in [-0.3, -0.25) is 4.79 Å². The summed E-state index contributed by atoms with van der Waals surface area (Å²) in [5.74, 6) is -0.359. The molecule has 1 heterocycles. The summed E-state index contributed by atoms with van der Waals surface area (Å²) in [6.45, 7) is 0.201. The van der Waals surface area contributed by atoms with Crippen LogP contribution < -0.4 is 20.7 Å². The first-order chi connectivity index (χ1) is 13.0. The van der Waals surface area contributed by atoms with Crippen LogP contribution in [0.25, 0.3) is 11.3 Å². The van der Waals surface area contributed by atoms with Crippen molar-refractivity contribution in [1.29, 1.82) is 0 Å². The number of carbonyl (C=O) groups excluding carboxylic acids is 1. The number of ether oxygens (including phenoxy) is 2. The fourth-order valence-electron chi connectivity index (χ4n) is 2.59. The van der Waals surface area contributed by atoms with Gasteiger partial charge in [0, 0.05) is 11.0 Å². The molecule has 0 aliphatic heterocycles. The predicted octanol–water partition coefficient (Wildman–Crippen LogP) is -0.162. The van der Waals surface area contributed by atoms with Gasteiger partial charge in [-0.1, -0.05) is 30.3 Å². The smallest absolute Gasteiger partial charge is 0.492 e. The first-order valence-corrected chi connectivity index (χ1v) is 7.97. The molecule has 10 heteroatoms. The van der Waals surface area contributed by atoms with Gasteiger partial charge < -0.3 is 25.3 Å². The first-order valence-electron chi connectivity index (χ1n) is 7.97. The monoisotopic (exact) mass is 368 g/mol. The molecule has 1 aromatic heterocycles. The fourth-order valence-corrected chi connectivity index (χ4v) is 2.59. The number of amides is 1. The SMILES string of the molecule is COc1cc(-c2n[nH]nc2C(N)=O)cc(B(O)O)c1OCc1ccccc1. The van der Waals surface area contributed by atoms with Crippen LogP contribution >= 0.6 is 0 Å². The summed E-state index contributed by atoms with van der Waals surface area (Å²) in [7, 11) is -0.423. The third-order valence-corrected chi connectivity index (χ3v) is 3.86. The second kappa shape index (κ2) is 7.89. The van der Waals surface area contributed by atoms with E-state index in [9.17, 15) is 14.8 Å². The molecule has 27 heavy (non-hydrogen) atoms. The van der Waals surface area contributed by atoms with E-state index in [0.29, 0.717) is 5.56 Å². The van der Waals surface area contributed by atoms with Crippen LogP contribution in [0.15, 0.2) is 42.5 Å². The maximum absolute atomic E-state index is 11.5. The molecule has 0 spiro atoms. The number of aromatic amines is 1. The number of H-pyrrole nitrogens is 1. The summed E-state index contributed by atoms with van der Waals surface area (Å²) in [4.78, 5) is 11.5. The Morgan fingerprint density at radius 3 is 2.59 bits per heavy atom. The highest BCUT2D eigenvalue weighted by atomic mass is 16.5. The van der Waals surface area contributed by atoms with Crippen LogP contribution in [-0.2, 0) is 6.61 Å². The van der Waals surface area contributed by atoms with E-state index in [0.717, 1.165) is 5.56 Å². The zero-order valence-electron chi connectivity index (χ0n) is 14.4.